The summed E-state index contributed by atoms with van der Waals surface area (Å²) in [5.74, 6) is 0.611. The smallest absolute Gasteiger partial charge is 0.240 e. The van der Waals surface area contributed by atoms with Crippen LogP contribution in [0, 0.1) is 0 Å². The number of nitrogens with two attached hydrogens (primary N) is 1. The molecule has 2 atom stereocenters. The minimum absolute atomic E-state index is 0.0281. The van der Waals surface area contributed by atoms with Gasteiger partial charge in [0.05, 0.1) is 0 Å². The maximum absolute atomic E-state index is 12.1. The van der Waals surface area contributed by atoms with Crippen LogP contribution in [0.1, 0.15) is 80.1 Å². The second-order valence-electron chi connectivity index (χ2n) is 8.66. The van der Waals surface area contributed by atoms with Crippen molar-refractivity contribution in [2.75, 3.05) is 11.5 Å². The Morgan fingerprint density at radius 2 is 1.47 bits per heavy atom. The molecule has 7 heteroatoms. The SMILES string of the molecule is CC(=O)NC(CCC(=O)NC(C)CSC/C=C(\C)CC/C=C(\C)CCC=C(C)C)C(N)=O. The van der Waals surface area contributed by atoms with Crippen LogP contribution in [0.25, 0.3) is 0 Å². The number of allylic oxidation sites excluding steroid dienone is 5. The van der Waals surface area contributed by atoms with Crippen molar-refractivity contribution in [2.24, 2.45) is 5.73 Å². The Morgan fingerprint density at radius 3 is 2.03 bits per heavy atom. The zero-order valence-electron chi connectivity index (χ0n) is 20.8. The maximum atomic E-state index is 12.1. The van der Waals surface area contributed by atoms with Crippen LogP contribution in [0.3, 0.4) is 0 Å². The van der Waals surface area contributed by atoms with E-state index in [0.29, 0.717) is 0 Å². The average molecular weight is 466 g/mol. The van der Waals surface area contributed by atoms with Crippen LogP contribution < -0.4 is 16.4 Å². The molecule has 2 unspecified atom stereocenters. The number of thioether (sulfide) groups is 1. The Balaban J connectivity index is 4.09. The maximum Gasteiger partial charge on any atom is 0.240 e. The van der Waals surface area contributed by atoms with E-state index in [-0.39, 0.29) is 30.7 Å². The molecule has 0 aliphatic rings. The van der Waals surface area contributed by atoms with Gasteiger partial charge in [0.2, 0.25) is 17.7 Å². The van der Waals surface area contributed by atoms with E-state index in [0.717, 1.165) is 37.2 Å². The standard InChI is InChI=1S/C25H43N3O3S/c1-18(2)9-7-10-19(3)11-8-12-20(4)15-16-32-17-21(5)27-24(30)14-13-23(25(26)31)28-22(6)29/h9,11,15,21,23H,7-8,10,12-14,16-17H2,1-6H3,(H2,26,31)(H,27,30)(H,28,29)/b19-11+,20-15+. The summed E-state index contributed by atoms with van der Waals surface area (Å²) in [5.41, 5.74) is 9.47. The summed E-state index contributed by atoms with van der Waals surface area (Å²) in [7, 11) is 0. The zero-order valence-corrected chi connectivity index (χ0v) is 21.6. The molecule has 6 nitrogen and oxygen atoms in total. The van der Waals surface area contributed by atoms with E-state index in [4.69, 9.17) is 5.73 Å². The number of hydrogen-bond acceptors (Lipinski definition) is 4. The van der Waals surface area contributed by atoms with Crippen molar-refractivity contribution in [2.45, 2.75) is 92.2 Å². The lowest BCUT2D eigenvalue weighted by molar-refractivity contribution is -0.127. The second kappa shape index (κ2) is 17.5. The Hall–Kier alpha value is -2.02. The normalized spacial score (nSPS) is 13.8. The van der Waals surface area contributed by atoms with E-state index >= 15 is 0 Å². The predicted octanol–water partition coefficient (Wildman–Crippen LogP) is 4.41. The summed E-state index contributed by atoms with van der Waals surface area (Å²) in [6.07, 6.45) is 11.6. The lowest BCUT2D eigenvalue weighted by Crippen LogP contribution is -2.44. The third kappa shape index (κ3) is 17.6. The zero-order chi connectivity index (χ0) is 24.5. The molecule has 0 aromatic rings. The minimum Gasteiger partial charge on any atom is -0.368 e. The van der Waals surface area contributed by atoms with Crippen molar-refractivity contribution >= 4 is 29.5 Å². The van der Waals surface area contributed by atoms with Crippen molar-refractivity contribution in [1.82, 2.24) is 10.6 Å². The molecule has 182 valence electrons. The Kier molecular flexibility index (Phi) is 16.4. The largest absolute Gasteiger partial charge is 0.368 e. The van der Waals surface area contributed by atoms with Gasteiger partial charge in [-0.05, 0) is 66.7 Å². The fourth-order valence-corrected chi connectivity index (χ4v) is 3.96. The van der Waals surface area contributed by atoms with E-state index in [1.165, 1.54) is 23.6 Å². The van der Waals surface area contributed by atoms with Crippen LogP contribution in [-0.4, -0.2) is 41.3 Å². The first kappa shape index (κ1) is 30.0. The van der Waals surface area contributed by atoms with Gasteiger partial charge in [-0.25, -0.2) is 0 Å². The molecule has 0 fully saturated rings. The number of carbonyl (C=O) groups is 3. The molecule has 0 aromatic heterocycles. The molecule has 0 bridgehead atoms. The van der Waals surface area contributed by atoms with E-state index < -0.39 is 11.9 Å². The Bertz CT molecular complexity index is 695. The molecule has 0 saturated carbocycles. The van der Waals surface area contributed by atoms with Gasteiger partial charge in [0.1, 0.15) is 6.04 Å². The summed E-state index contributed by atoms with van der Waals surface area (Å²) in [5, 5.41) is 5.39. The van der Waals surface area contributed by atoms with Crippen LogP contribution in [0.4, 0.5) is 0 Å². The first-order valence-electron chi connectivity index (χ1n) is 11.4. The van der Waals surface area contributed by atoms with Crippen LogP contribution in [0.2, 0.25) is 0 Å². The molecule has 0 aliphatic carbocycles. The number of carbonyl (C=O) groups excluding carboxylic acids is 3. The lowest BCUT2D eigenvalue weighted by atomic mass is 10.1. The molecule has 0 spiro atoms. The molecule has 0 radical (unpaired) electrons. The fourth-order valence-electron chi connectivity index (χ4n) is 2.98. The van der Waals surface area contributed by atoms with Crippen LogP contribution in [0.5, 0.6) is 0 Å². The van der Waals surface area contributed by atoms with Crippen molar-refractivity contribution in [3.8, 4) is 0 Å². The summed E-state index contributed by atoms with van der Waals surface area (Å²) >= 11 is 1.78. The van der Waals surface area contributed by atoms with Gasteiger partial charge in [0.25, 0.3) is 0 Å². The second-order valence-corrected chi connectivity index (χ2v) is 9.73. The van der Waals surface area contributed by atoms with Gasteiger partial charge in [-0.1, -0.05) is 34.9 Å². The quantitative estimate of drug-likeness (QED) is 0.232. The van der Waals surface area contributed by atoms with Crippen LogP contribution in [0.15, 0.2) is 34.9 Å². The van der Waals surface area contributed by atoms with Crippen molar-refractivity contribution in [3.05, 3.63) is 34.9 Å². The molecular weight excluding hydrogens is 422 g/mol. The van der Waals surface area contributed by atoms with Gasteiger partial charge in [0, 0.05) is 30.9 Å². The molecule has 0 aromatic carbocycles. The van der Waals surface area contributed by atoms with Gasteiger partial charge in [-0.3, -0.25) is 14.4 Å². The van der Waals surface area contributed by atoms with E-state index in [9.17, 15) is 14.4 Å². The molecule has 3 amide bonds. The molecule has 0 rings (SSSR count). The highest BCUT2D eigenvalue weighted by molar-refractivity contribution is 7.99. The van der Waals surface area contributed by atoms with Crippen molar-refractivity contribution in [3.63, 3.8) is 0 Å². The first-order valence-corrected chi connectivity index (χ1v) is 12.5. The Labute approximate surface area is 198 Å². The van der Waals surface area contributed by atoms with Crippen LogP contribution >= 0.6 is 11.8 Å². The number of primary amides is 1. The summed E-state index contributed by atoms with van der Waals surface area (Å²) in [4.78, 5) is 34.5. The van der Waals surface area contributed by atoms with Gasteiger partial charge in [-0.15, -0.1) is 0 Å². The van der Waals surface area contributed by atoms with Gasteiger partial charge in [0.15, 0.2) is 0 Å². The van der Waals surface area contributed by atoms with Gasteiger partial charge in [-0.2, -0.15) is 11.8 Å². The van der Waals surface area contributed by atoms with Gasteiger partial charge >= 0.3 is 0 Å². The molecule has 0 saturated heterocycles. The third-order valence-corrected chi connectivity index (χ3v) is 5.97. The summed E-state index contributed by atoms with van der Waals surface area (Å²) < 4.78 is 0. The molecule has 0 aliphatic heterocycles. The van der Waals surface area contributed by atoms with Crippen LogP contribution in [-0.2, 0) is 14.4 Å². The molecule has 32 heavy (non-hydrogen) atoms. The first-order chi connectivity index (χ1) is 15.0. The third-order valence-electron chi connectivity index (χ3n) is 4.83. The minimum atomic E-state index is -0.813. The van der Waals surface area contributed by atoms with E-state index in [2.05, 4.69) is 56.6 Å². The summed E-state index contributed by atoms with van der Waals surface area (Å²) in [6.45, 7) is 11.9. The molecular formula is C25H43N3O3S. The number of rotatable bonds is 16. The Morgan fingerprint density at radius 1 is 0.875 bits per heavy atom. The predicted molar refractivity (Wildman–Crippen MR) is 136 cm³/mol. The number of amides is 3. The summed E-state index contributed by atoms with van der Waals surface area (Å²) in [6, 6.07) is -0.785. The monoisotopic (exact) mass is 465 g/mol. The topological polar surface area (TPSA) is 101 Å². The fraction of sp³-hybridized carbons (Fsp3) is 0.640. The highest BCUT2D eigenvalue weighted by Crippen LogP contribution is 2.13. The lowest BCUT2D eigenvalue weighted by Gasteiger charge is -2.16. The molecule has 0 heterocycles. The van der Waals surface area contributed by atoms with Gasteiger partial charge < -0.3 is 16.4 Å². The van der Waals surface area contributed by atoms with Crippen molar-refractivity contribution < 1.29 is 14.4 Å². The average Bonchev–Trinajstić information content (AvgIpc) is 2.67. The highest BCUT2D eigenvalue weighted by atomic mass is 32.2. The number of nitrogens with one attached hydrogen (secondary N) is 2. The molecule has 4 N–H and O–H groups in total. The van der Waals surface area contributed by atoms with Crippen molar-refractivity contribution in [1.29, 1.82) is 0 Å². The highest BCUT2D eigenvalue weighted by Gasteiger charge is 2.18. The van der Waals surface area contributed by atoms with E-state index in [1.807, 2.05) is 6.92 Å². The van der Waals surface area contributed by atoms with E-state index in [1.54, 1.807) is 11.8 Å². The number of hydrogen-bond donors (Lipinski definition) is 3.